The number of amides is 3. The number of cyclic esters (lactones) is 1. The summed E-state index contributed by atoms with van der Waals surface area (Å²) in [6.45, 7) is 3.92. The third-order valence-electron chi connectivity index (χ3n) is 5.46. The van der Waals surface area contributed by atoms with E-state index in [-0.39, 0.29) is 27.8 Å². The van der Waals surface area contributed by atoms with Gasteiger partial charge in [-0.3, -0.25) is 19.2 Å². The van der Waals surface area contributed by atoms with Crippen LogP contribution in [0.2, 0.25) is 10.0 Å². The summed E-state index contributed by atoms with van der Waals surface area (Å²) in [4.78, 5) is 51.4. The fourth-order valence-electron chi connectivity index (χ4n) is 3.84. The zero-order chi connectivity index (χ0) is 24.3. The topological polar surface area (TPSA) is 134 Å². The quantitative estimate of drug-likeness (QED) is 0.483. The number of halogens is 2. The van der Waals surface area contributed by atoms with E-state index in [0.717, 1.165) is 0 Å². The molecular weight excluding hydrogens is 477 g/mol. The first kappa shape index (κ1) is 25.1. The lowest BCUT2D eigenvalue weighted by Gasteiger charge is -2.28. The molecule has 180 valence electrons. The number of likely N-dealkylation sites (tertiary alicyclic amines) is 1. The maximum absolute atomic E-state index is 13.0. The number of rotatable bonds is 7. The molecule has 1 aromatic rings. The maximum Gasteiger partial charge on any atom is 0.310 e. The van der Waals surface area contributed by atoms with Crippen molar-refractivity contribution in [1.82, 2.24) is 15.5 Å². The average Bonchev–Trinajstić information content (AvgIpc) is 3.38. The van der Waals surface area contributed by atoms with Crippen molar-refractivity contribution in [3.8, 4) is 5.75 Å². The lowest BCUT2D eigenvalue weighted by molar-refractivity contribution is -0.164. The van der Waals surface area contributed by atoms with Gasteiger partial charge in [0.25, 0.3) is 5.91 Å². The number of phenolic OH excluding ortho intramolecular Hbond substituents is 1. The second kappa shape index (κ2) is 10.6. The zero-order valence-electron chi connectivity index (χ0n) is 18.1. The van der Waals surface area contributed by atoms with Crippen LogP contribution >= 0.6 is 23.2 Å². The van der Waals surface area contributed by atoms with Crippen LogP contribution in [0.25, 0.3) is 0 Å². The van der Waals surface area contributed by atoms with Gasteiger partial charge in [0.05, 0.1) is 16.5 Å². The van der Waals surface area contributed by atoms with Crippen LogP contribution < -0.4 is 10.6 Å². The second-order valence-corrected chi connectivity index (χ2v) is 8.62. The molecule has 2 aliphatic heterocycles. The number of nitrogens with zero attached hydrogens (tertiary/aromatic N) is 1. The van der Waals surface area contributed by atoms with Crippen molar-refractivity contribution in [1.29, 1.82) is 0 Å². The molecule has 0 spiro atoms. The molecule has 0 bridgehead atoms. The summed E-state index contributed by atoms with van der Waals surface area (Å²) in [6.07, 6.45) is 0.186. The molecular formula is C21H25Cl2N3O7. The Morgan fingerprint density at radius 2 is 1.97 bits per heavy atom. The molecule has 4 atom stereocenters. The van der Waals surface area contributed by atoms with Crippen molar-refractivity contribution in [3.05, 3.63) is 27.7 Å². The Morgan fingerprint density at radius 3 is 2.61 bits per heavy atom. The van der Waals surface area contributed by atoms with Gasteiger partial charge in [-0.05, 0) is 38.8 Å². The van der Waals surface area contributed by atoms with E-state index in [1.807, 2.05) is 0 Å². The molecule has 12 heteroatoms. The van der Waals surface area contributed by atoms with Crippen molar-refractivity contribution >= 4 is 46.9 Å². The number of phenols is 1. The highest BCUT2D eigenvalue weighted by Crippen LogP contribution is 2.32. The molecule has 0 saturated carbocycles. The molecule has 0 aromatic heterocycles. The van der Waals surface area contributed by atoms with Crippen LogP contribution in [0.5, 0.6) is 5.75 Å². The van der Waals surface area contributed by atoms with Gasteiger partial charge in [0.2, 0.25) is 18.1 Å². The first-order valence-corrected chi connectivity index (χ1v) is 11.3. The van der Waals surface area contributed by atoms with E-state index in [1.54, 1.807) is 6.92 Å². The van der Waals surface area contributed by atoms with E-state index in [1.165, 1.54) is 24.0 Å². The van der Waals surface area contributed by atoms with Gasteiger partial charge in [-0.25, -0.2) is 0 Å². The molecule has 2 saturated heterocycles. The van der Waals surface area contributed by atoms with Gasteiger partial charge >= 0.3 is 5.97 Å². The monoisotopic (exact) mass is 501 g/mol. The number of aromatic hydroxyl groups is 1. The van der Waals surface area contributed by atoms with Gasteiger partial charge in [-0.15, -0.1) is 0 Å². The van der Waals surface area contributed by atoms with Crippen molar-refractivity contribution in [2.75, 3.05) is 13.2 Å². The minimum atomic E-state index is -0.940. The molecule has 10 nitrogen and oxygen atoms in total. The average molecular weight is 502 g/mol. The van der Waals surface area contributed by atoms with Crippen LogP contribution in [0.1, 0.15) is 43.5 Å². The molecule has 0 aliphatic carbocycles. The molecule has 3 amide bonds. The van der Waals surface area contributed by atoms with E-state index in [4.69, 9.17) is 32.7 Å². The largest absolute Gasteiger partial charge is 0.505 e. The molecule has 2 aliphatic rings. The fraction of sp³-hybridized carbons (Fsp3) is 0.524. The third kappa shape index (κ3) is 5.69. The molecule has 3 N–H and O–H groups in total. The molecule has 3 rings (SSSR count). The van der Waals surface area contributed by atoms with Gasteiger partial charge in [0.15, 0.2) is 5.75 Å². The number of carbonyl (C=O) groups is 4. The second-order valence-electron chi connectivity index (χ2n) is 7.81. The Kier molecular flexibility index (Phi) is 8.04. The molecule has 1 aromatic carbocycles. The van der Waals surface area contributed by atoms with Gasteiger partial charge in [-0.1, -0.05) is 23.2 Å². The third-order valence-corrected chi connectivity index (χ3v) is 6.03. The highest BCUT2D eigenvalue weighted by Gasteiger charge is 2.41. The molecule has 33 heavy (non-hydrogen) atoms. The first-order valence-electron chi connectivity index (χ1n) is 10.5. The number of carbonyl (C=O) groups excluding carboxylic acids is 4. The fourth-order valence-corrected chi connectivity index (χ4v) is 4.33. The Labute approximate surface area is 200 Å². The Morgan fingerprint density at radius 1 is 1.30 bits per heavy atom. The highest BCUT2D eigenvalue weighted by atomic mass is 35.5. The summed E-state index contributed by atoms with van der Waals surface area (Å²) in [6, 6.07) is 0.156. The predicted octanol–water partition coefficient (Wildman–Crippen LogP) is 1.60. The Bertz CT molecular complexity index is 935. The predicted molar refractivity (Wildman–Crippen MR) is 118 cm³/mol. The maximum atomic E-state index is 13.0. The first-order chi connectivity index (χ1) is 15.6. The minimum Gasteiger partial charge on any atom is -0.505 e. The number of nitrogens with one attached hydrogen (secondary N) is 2. The summed E-state index contributed by atoms with van der Waals surface area (Å²) in [7, 11) is 0. The smallest absolute Gasteiger partial charge is 0.310 e. The number of ether oxygens (including phenoxy) is 2. The summed E-state index contributed by atoms with van der Waals surface area (Å²) >= 11 is 11.7. The van der Waals surface area contributed by atoms with Crippen molar-refractivity contribution in [2.24, 2.45) is 0 Å². The number of hydrogen-bond donors (Lipinski definition) is 3. The van der Waals surface area contributed by atoms with Crippen LogP contribution in [-0.2, 0) is 23.9 Å². The lowest BCUT2D eigenvalue weighted by atomic mass is 10.1. The van der Waals surface area contributed by atoms with Crippen LogP contribution in [-0.4, -0.2) is 71.3 Å². The van der Waals surface area contributed by atoms with Crippen molar-refractivity contribution in [3.63, 3.8) is 0 Å². The van der Waals surface area contributed by atoms with Crippen molar-refractivity contribution < 1.29 is 33.8 Å². The van der Waals surface area contributed by atoms with E-state index < -0.39 is 48.1 Å². The summed E-state index contributed by atoms with van der Waals surface area (Å²) in [5.74, 6) is -2.27. The molecule has 0 radical (unpaired) electrons. The van der Waals surface area contributed by atoms with Gasteiger partial charge in [0, 0.05) is 18.7 Å². The van der Waals surface area contributed by atoms with E-state index >= 15 is 0 Å². The summed E-state index contributed by atoms with van der Waals surface area (Å²) in [5.41, 5.74) is 0.0750. The lowest BCUT2D eigenvalue weighted by Crippen LogP contribution is -2.54. The summed E-state index contributed by atoms with van der Waals surface area (Å²) < 4.78 is 10.4. The SMILES string of the molecule is CCOC1OC(=O)C[C@@H]1NC(=O)C1CCCN1C(=O)[C@H](C)NC(=O)c1cc(Cl)c(O)c(Cl)c1. The zero-order valence-corrected chi connectivity index (χ0v) is 19.6. The van der Waals surface area contributed by atoms with E-state index in [9.17, 15) is 24.3 Å². The standard InChI is InChI=1S/C21H25Cl2N3O7/c1-3-32-21-14(9-16(27)33-21)25-19(30)15-5-4-6-26(15)20(31)10(2)24-18(29)11-7-12(22)17(28)13(23)8-11/h7-8,10,14-15,21,28H,3-6,9H2,1-2H3,(H,24,29)(H,25,30)/t10-,14-,15?,21?/m0/s1. The van der Waals surface area contributed by atoms with Crippen molar-refractivity contribution in [2.45, 2.75) is 57.5 Å². The van der Waals surface area contributed by atoms with Crippen LogP contribution in [0, 0.1) is 0 Å². The number of hydrogen-bond acceptors (Lipinski definition) is 7. The minimum absolute atomic E-state index is 0.0126. The number of esters is 1. The van der Waals surface area contributed by atoms with Crippen LogP contribution in [0.15, 0.2) is 12.1 Å². The normalized spacial score (nSPS) is 23.2. The Hall–Kier alpha value is -2.56. The van der Waals surface area contributed by atoms with E-state index in [2.05, 4.69) is 10.6 Å². The summed E-state index contributed by atoms with van der Waals surface area (Å²) in [5, 5.41) is 14.8. The highest BCUT2D eigenvalue weighted by molar-refractivity contribution is 6.37. The number of benzene rings is 1. The van der Waals surface area contributed by atoms with Gasteiger partial charge in [-0.2, -0.15) is 0 Å². The molecule has 2 unspecified atom stereocenters. The van der Waals surface area contributed by atoms with Gasteiger partial charge in [0.1, 0.15) is 18.1 Å². The van der Waals surface area contributed by atoms with Crippen LogP contribution in [0.4, 0.5) is 0 Å². The van der Waals surface area contributed by atoms with Crippen LogP contribution in [0.3, 0.4) is 0 Å². The van der Waals surface area contributed by atoms with E-state index in [0.29, 0.717) is 26.0 Å². The van der Waals surface area contributed by atoms with Gasteiger partial charge < -0.3 is 30.1 Å². The molecule has 2 fully saturated rings. The molecule has 2 heterocycles. The Balaban J connectivity index is 1.63.